The summed E-state index contributed by atoms with van der Waals surface area (Å²) in [5.41, 5.74) is 6.92. The first-order valence-electron chi connectivity index (χ1n) is 6.29. The van der Waals surface area contributed by atoms with Gasteiger partial charge in [-0.1, -0.05) is 6.07 Å². The summed E-state index contributed by atoms with van der Waals surface area (Å²) in [6.45, 7) is 2.27. The minimum atomic E-state index is -0.563. The molecule has 1 aromatic heterocycles. The van der Waals surface area contributed by atoms with Crippen LogP contribution in [0.15, 0.2) is 42.7 Å². The predicted octanol–water partition coefficient (Wildman–Crippen LogP) is 2.17. The first-order chi connectivity index (χ1) is 9.58. The molecule has 0 saturated heterocycles. The normalized spacial score (nSPS) is 12.1. The third kappa shape index (κ3) is 3.39. The Labute approximate surface area is 116 Å². The van der Waals surface area contributed by atoms with Crippen LogP contribution in [-0.2, 0) is 6.54 Å². The van der Waals surface area contributed by atoms with Crippen LogP contribution in [-0.4, -0.2) is 10.9 Å². The van der Waals surface area contributed by atoms with Crippen molar-refractivity contribution in [2.24, 2.45) is 5.73 Å². The number of nitrogens with two attached hydrogens (primary N) is 1. The van der Waals surface area contributed by atoms with Gasteiger partial charge in [0, 0.05) is 36.1 Å². The number of rotatable bonds is 5. The Kier molecular flexibility index (Phi) is 4.42. The Morgan fingerprint density at radius 1 is 1.45 bits per heavy atom. The van der Waals surface area contributed by atoms with Crippen LogP contribution < -0.4 is 11.1 Å². The fourth-order valence-corrected chi connectivity index (χ4v) is 1.88. The summed E-state index contributed by atoms with van der Waals surface area (Å²) >= 11 is 0. The summed E-state index contributed by atoms with van der Waals surface area (Å²) in [6.07, 6.45) is 3.46. The summed E-state index contributed by atoms with van der Waals surface area (Å²) in [5.74, 6) is -0.924. The highest BCUT2D eigenvalue weighted by Crippen LogP contribution is 2.14. The monoisotopic (exact) mass is 273 g/mol. The van der Waals surface area contributed by atoms with Crippen molar-refractivity contribution in [3.63, 3.8) is 0 Å². The zero-order valence-corrected chi connectivity index (χ0v) is 11.1. The van der Waals surface area contributed by atoms with Crippen molar-refractivity contribution in [1.29, 1.82) is 0 Å². The first kappa shape index (κ1) is 14.1. The number of pyridine rings is 1. The Bertz CT molecular complexity index is 601. The number of aromatic nitrogens is 1. The zero-order chi connectivity index (χ0) is 14.5. The number of carbonyl (C=O) groups excluding carboxylic acids is 1. The number of nitrogens with zero attached hydrogens (tertiary/aromatic N) is 1. The molecule has 0 bridgehead atoms. The van der Waals surface area contributed by atoms with Crippen molar-refractivity contribution in [2.75, 3.05) is 0 Å². The van der Waals surface area contributed by atoms with Crippen molar-refractivity contribution in [3.05, 3.63) is 65.2 Å². The van der Waals surface area contributed by atoms with E-state index in [1.54, 1.807) is 12.4 Å². The maximum absolute atomic E-state index is 13.7. The van der Waals surface area contributed by atoms with Gasteiger partial charge in [-0.15, -0.1) is 0 Å². The van der Waals surface area contributed by atoms with Gasteiger partial charge in [0.2, 0.25) is 5.91 Å². The molecule has 1 atom stereocenters. The van der Waals surface area contributed by atoms with Crippen LogP contribution in [0.1, 0.15) is 34.5 Å². The van der Waals surface area contributed by atoms with Gasteiger partial charge in [-0.3, -0.25) is 9.78 Å². The van der Waals surface area contributed by atoms with Gasteiger partial charge in [0.15, 0.2) is 0 Å². The largest absolute Gasteiger partial charge is 0.366 e. The molecule has 0 aliphatic carbocycles. The zero-order valence-electron chi connectivity index (χ0n) is 11.1. The molecule has 0 radical (unpaired) electrons. The molecule has 20 heavy (non-hydrogen) atoms. The van der Waals surface area contributed by atoms with Gasteiger partial charge in [0.25, 0.3) is 0 Å². The van der Waals surface area contributed by atoms with E-state index in [-0.39, 0.29) is 11.9 Å². The molecule has 0 spiro atoms. The van der Waals surface area contributed by atoms with Gasteiger partial charge in [-0.25, -0.2) is 4.39 Å². The fourth-order valence-electron chi connectivity index (χ4n) is 1.88. The van der Waals surface area contributed by atoms with Gasteiger partial charge in [0.1, 0.15) is 5.82 Å². The Hall–Kier alpha value is -2.27. The quantitative estimate of drug-likeness (QED) is 0.877. The van der Waals surface area contributed by atoms with Gasteiger partial charge in [-0.2, -0.15) is 0 Å². The molecule has 0 saturated carbocycles. The summed E-state index contributed by atoms with van der Waals surface area (Å²) in [6, 6.07) is 7.93. The van der Waals surface area contributed by atoms with Crippen LogP contribution >= 0.6 is 0 Å². The van der Waals surface area contributed by atoms with E-state index in [4.69, 9.17) is 5.73 Å². The smallest absolute Gasteiger partial charge is 0.248 e. The highest BCUT2D eigenvalue weighted by molar-refractivity contribution is 5.92. The number of hydrogen-bond donors (Lipinski definition) is 2. The standard InChI is InChI=1S/C15H16FN3O/c1-10(12-3-2-6-18-8-12)19-9-13-7-11(15(17)20)4-5-14(13)16/h2-8,10,19H,9H2,1H3,(H2,17,20)/t10-/m0/s1. The number of hydrogen-bond acceptors (Lipinski definition) is 3. The molecule has 4 nitrogen and oxygen atoms in total. The number of primary amides is 1. The molecule has 0 unspecified atom stereocenters. The van der Waals surface area contributed by atoms with Crippen LogP contribution in [0.3, 0.4) is 0 Å². The maximum Gasteiger partial charge on any atom is 0.248 e. The van der Waals surface area contributed by atoms with E-state index >= 15 is 0 Å². The average Bonchev–Trinajstić information content (AvgIpc) is 2.46. The van der Waals surface area contributed by atoms with Gasteiger partial charge in [0.05, 0.1) is 0 Å². The third-order valence-corrected chi connectivity index (χ3v) is 3.11. The van der Waals surface area contributed by atoms with Gasteiger partial charge >= 0.3 is 0 Å². The molecule has 0 fully saturated rings. The molecule has 0 aliphatic rings. The third-order valence-electron chi connectivity index (χ3n) is 3.11. The number of amides is 1. The fraction of sp³-hybridized carbons (Fsp3) is 0.200. The first-order valence-corrected chi connectivity index (χ1v) is 6.29. The van der Waals surface area contributed by atoms with Crippen molar-refractivity contribution < 1.29 is 9.18 Å². The van der Waals surface area contributed by atoms with E-state index in [1.165, 1.54) is 18.2 Å². The Balaban J connectivity index is 2.07. The van der Waals surface area contributed by atoms with Crippen molar-refractivity contribution >= 4 is 5.91 Å². The predicted molar refractivity (Wildman–Crippen MR) is 74.4 cm³/mol. The molecule has 5 heteroatoms. The van der Waals surface area contributed by atoms with Crippen molar-refractivity contribution in [2.45, 2.75) is 19.5 Å². The van der Waals surface area contributed by atoms with E-state index in [1.807, 2.05) is 19.1 Å². The summed E-state index contributed by atoms with van der Waals surface area (Å²) in [7, 11) is 0. The molecule has 2 aromatic rings. The van der Waals surface area contributed by atoms with Crippen LogP contribution in [0.4, 0.5) is 4.39 Å². The second-order valence-corrected chi connectivity index (χ2v) is 4.56. The lowest BCUT2D eigenvalue weighted by Crippen LogP contribution is -2.19. The second kappa shape index (κ2) is 6.25. The minimum Gasteiger partial charge on any atom is -0.366 e. The number of nitrogens with one attached hydrogen (secondary N) is 1. The molecule has 0 aliphatic heterocycles. The molecule has 2 rings (SSSR count). The molecule has 104 valence electrons. The number of halogens is 1. The van der Waals surface area contributed by atoms with Crippen LogP contribution in [0.25, 0.3) is 0 Å². The molecule has 1 amide bonds. The minimum absolute atomic E-state index is 0.0281. The molecular formula is C15H16FN3O. The van der Waals surface area contributed by atoms with Crippen LogP contribution in [0, 0.1) is 5.82 Å². The lowest BCUT2D eigenvalue weighted by Gasteiger charge is -2.14. The maximum atomic E-state index is 13.7. The van der Waals surface area contributed by atoms with Crippen molar-refractivity contribution in [1.82, 2.24) is 10.3 Å². The summed E-state index contributed by atoms with van der Waals surface area (Å²) < 4.78 is 13.7. The van der Waals surface area contributed by atoms with Gasteiger partial charge < -0.3 is 11.1 Å². The molecule has 1 aromatic carbocycles. The SMILES string of the molecule is C[C@H](NCc1cc(C(N)=O)ccc1F)c1cccnc1. The lowest BCUT2D eigenvalue weighted by atomic mass is 10.1. The van der Waals surface area contributed by atoms with Crippen molar-refractivity contribution in [3.8, 4) is 0 Å². The van der Waals surface area contributed by atoms with E-state index < -0.39 is 5.91 Å². The highest BCUT2D eigenvalue weighted by atomic mass is 19.1. The average molecular weight is 273 g/mol. The van der Waals surface area contributed by atoms with E-state index in [2.05, 4.69) is 10.3 Å². The molecule has 1 heterocycles. The molecule has 3 N–H and O–H groups in total. The number of carbonyl (C=O) groups is 1. The van der Waals surface area contributed by atoms with E-state index in [9.17, 15) is 9.18 Å². The van der Waals surface area contributed by atoms with E-state index in [0.29, 0.717) is 17.7 Å². The Morgan fingerprint density at radius 2 is 2.25 bits per heavy atom. The summed E-state index contributed by atoms with van der Waals surface area (Å²) in [5, 5.41) is 3.19. The highest BCUT2D eigenvalue weighted by Gasteiger charge is 2.09. The Morgan fingerprint density at radius 3 is 2.90 bits per heavy atom. The van der Waals surface area contributed by atoms with Crippen LogP contribution in [0.5, 0.6) is 0 Å². The second-order valence-electron chi connectivity index (χ2n) is 4.56. The van der Waals surface area contributed by atoms with Crippen LogP contribution in [0.2, 0.25) is 0 Å². The van der Waals surface area contributed by atoms with Gasteiger partial charge in [-0.05, 0) is 36.8 Å². The number of benzene rings is 1. The lowest BCUT2D eigenvalue weighted by molar-refractivity contribution is 0.1000. The summed E-state index contributed by atoms with van der Waals surface area (Å²) in [4.78, 5) is 15.1. The van der Waals surface area contributed by atoms with E-state index in [0.717, 1.165) is 5.56 Å². The topological polar surface area (TPSA) is 68.0 Å². The molecular weight excluding hydrogens is 257 g/mol.